The minimum atomic E-state index is 0.248. The summed E-state index contributed by atoms with van der Waals surface area (Å²) in [6, 6.07) is 13.7. The largest absolute Gasteiger partial charge is 0.463 e. The molecule has 21 heavy (non-hydrogen) atoms. The molecule has 0 N–H and O–H groups in total. The van der Waals surface area contributed by atoms with Gasteiger partial charge in [0, 0.05) is 0 Å². The zero-order chi connectivity index (χ0) is 14.8. The maximum absolute atomic E-state index is 9.19. The van der Waals surface area contributed by atoms with Crippen LogP contribution in [0.15, 0.2) is 47.1 Å². The van der Waals surface area contributed by atoms with E-state index in [2.05, 4.69) is 36.3 Å². The van der Waals surface area contributed by atoms with Crippen molar-refractivity contribution in [2.45, 2.75) is 19.8 Å². The van der Waals surface area contributed by atoms with Crippen LogP contribution in [0.4, 0.5) is 0 Å². The molecule has 2 aromatic heterocycles. The van der Waals surface area contributed by atoms with E-state index >= 15 is 0 Å². The standard InChI is InChI=1S/C16H14N4O/c1-11(2)12-5-7-13(8-6-12)20-16(14(10-17)18-19-20)15-4-3-9-21-15/h3-9,11H,1-2H3. The topological polar surface area (TPSA) is 67.6 Å². The second kappa shape index (κ2) is 5.25. The van der Waals surface area contributed by atoms with Gasteiger partial charge in [-0.1, -0.05) is 31.2 Å². The lowest BCUT2D eigenvalue weighted by atomic mass is 10.0. The third kappa shape index (κ3) is 2.32. The number of aromatic nitrogens is 3. The van der Waals surface area contributed by atoms with Gasteiger partial charge in [-0.3, -0.25) is 0 Å². The summed E-state index contributed by atoms with van der Waals surface area (Å²) in [6.07, 6.45) is 1.57. The van der Waals surface area contributed by atoms with Gasteiger partial charge in [-0.15, -0.1) is 5.10 Å². The molecule has 0 unspecified atom stereocenters. The Bertz CT molecular complexity index is 777. The van der Waals surface area contributed by atoms with Crippen LogP contribution >= 0.6 is 0 Å². The van der Waals surface area contributed by atoms with Crippen molar-refractivity contribution in [1.82, 2.24) is 15.0 Å². The predicted molar refractivity (Wildman–Crippen MR) is 77.9 cm³/mol. The molecular formula is C16H14N4O. The lowest BCUT2D eigenvalue weighted by molar-refractivity contribution is 0.576. The van der Waals surface area contributed by atoms with Gasteiger partial charge in [0.2, 0.25) is 0 Å². The van der Waals surface area contributed by atoms with Gasteiger partial charge in [0.1, 0.15) is 11.8 Å². The van der Waals surface area contributed by atoms with E-state index < -0.39 is 0 Å². The van der Waals surface area contributed by atoms with Crippen molar-refractivity contribution < 1.29 is 4.42 Å². The first kappa shape index (κ1) is 13.1. The minimum Gasteiger partial charge on any atom is -0.463 e. The molecule has 2 heterocycles. The summed E-state index contributed by atoms with van der Waals surface area (Å²) in [6.45, 7) is 4.29. The summed E-state index contributed by atoms with van der Waals surface area (Å²) < 4.78 is 7.02. The molecule has 5 heteroatoms. The highest BCUT2D eigenvalue weighted by molar-refractivity contribution is 5.62. The molecule has 0 spiro atoms. The van der Waals surface area contributed by atoms with Crippen LogP contribution in [0.1, 0.15) is 31.0 Å². The number of nitriles is 1. The van der Waals surface area contributed by atoms with Crippen LogP contribution in [0.3, 0.4) is 0 Å². The zero-order valence-electron chi connectivity index (χ0n) is 11.8. The number of hydrogen-bond acceptors (Lipinski definition) is 4. The molecule has 0 bridgehead atoms. The summed E-state index contributed by atoms with van der Waals surface area (Å²) in [5.74, 6) is 1.04. The molecule has 5 nitrogen and oxygen atoms in total. The average Bonchev–Trinajstić information content (AvgIpc) is 3.15. The Kier molecular flexibility index (Phi) is 3.28. The van der Waals surface area contributed by atoms with Gasteiger partial charge in [-0.25, -0.2) is 4.68 Å². The van der Waals surface area contributed by atoms with Crippen molar-refractivity contribution in [3.63, 3.8) is 0 Å². The van der Waals surface area contributed by atoms with Crippen molar-refractivity contribution in [3.05, 3.63) is 53.9 Å². The Balaban J connectivity index is 2.11. The van der Waals surface area contributed by atoms with Crippen LogP contribution in [-0.4, -0.2) is 15.0 Å². The quantitative estimate of drug-likeness (QED) is 0.735. The van der Waals surface area contributed by atoms with Gasteiger partial charge in [0.25, 0.3) is 0 Å². The van der Waals surface area contributed by atoms with Gasteiger partial charge >= 0.3 is 0 Å². The molecule has 0 saturated heterocycles. The fourth-order valence-electron chi connectivity index (χ4n) is 2.17. The van der Waals surface area contributed by atoms with E-state index in [0.29, 0.717) is 17.4 Å². The van der Waals surface area contributed by atoms with Crippen LogP contribution < -0.4 is 0 Å². The third-order valence-electron chi connectivity index (χ3n) is 3.34. The summed E-state index contributed by atoms with van der Waals surface area (Å²) in [5, 5.41) is 17.2. The summed E-state index contributed by atoms with van der Waals surface area (Å²) >= 11 is 0. The van der Waals surface area contributed by atoms with E-state index in [-0.39, 0.29) is 5.69 Å². The smallest absolute Gasteiger partial charge is 0.194 e. The van der Waals surface area contributed by atoms with Gasteiger partial charge in [0.05, 0.1) is 12.0 Å². The van der Waals surface area contributed by atoms with E-state index in [4.69, 9.17) is 4.42 Å². The normalized spacial score (nSPS) is 10.8. The first-order valence-electron chi connectivity index (χ1n) is 6.70. The first-order valence-corrected chi connectivity index (χ1v) is 6.70. The highest BCUT2D eigenvalue weighted by Gasteiger charge is 2.18. The highest BCUT2D eigenvalue weighted by Crippen LogP contribution is 2.26. The Morgan fingerprint density at radius 2 is 1.95 bits per heavy atom. The maximum Gasteiger partial charge on any atom is 0.194 e. The Morgan fingerprint density at radius 3 is 2.52 bits per heavy atom. The lowest BCUT2D eigenvalue weighted by Gasteiger charge is -2.08. The van der Waals surface area contributed by atoms with E-state index in [9.17, 15) is 5.26 Å². The van der Waals surface area contributed by atoms with Crippen LogP contribution in [0.2, 0.25) is 0 Å². The monoisotopic (exact) mass is 278 g/mol. The molecule has 104 valence electrons. The third-order valence-corrected chi connectivity index (χ3v) is 3.34. The lowest BCUT2D eigenvalue weighted by Crippen LogP contribution is -2.00. The molecule has 0 saturated carbocycles. The summed E-state index contributed by atoms with van der Waals surface area (Å²) in [4.78, 5) is 0. The average molecular weight is 278 g/mol. The Morgan fingerprint density at radius 1 is 1.19 bits per heavy atom. The van der Waals surface area contributed by atoms with Gasteiger partial charge < -0.3 is 4.42 Å². The zero-order valence-corrected chi connectivity index (χ0v) is 11.8. The highest BCUT2D eigenvalue weighted by atomic mass is 16.3. The first-order chi connectivity index (χ1) is 10.2. The SMILES string of the molecule is CC(C)c1ccc(-n2nnc(C#N)c2-c2ccco2)cc1. The number of furan rings is 1. The van der Waals surface area contributed by atoms with Crippen LogP contribution in [-0.2, 0) is 0 Å². The molecule has 3 rings (SSSR count). The van der Waals surface area contributed by atoms with Crippen LogP contribution in [0.25, 0.3) is 17.1 Å². The summed E-state index contributed by atoms with van der Waals surface area (Å²) in [5.41, 5.74) is 2.91. The Labute approximate surface area is 122 Å². The van der Waals surface area contributed by atoms with Crippen LogP contribution in [0.5, 0.6) is 0 Å². The number of nitrogens with zero attached hydrogens (tertiary/aromatic N) is 4. The molecule has 0 aliphatic heterocycles. The molecule has 0 aliphatic rings. The van der Waals surface area contributed by atoms with Crippen LogP contribution in [0, 0.1) is 11.3 Å². The van der Waals surface area contributed by atoms with Crippen molar-refractivity contribution in [3.8, 4) is 23.2 Å². The molecule has 0 aliphatic carbocycles. The van der Waals surface area contributed by atoms with E-state index in [1.165, 1.54) is 5.56 Å². The fraction of sp³-hybridized carbons (Fsp3) is 0.188. The molecular weight excluding hydrogens is 264 g/mol. The van der Waals surface area contributed by atoms with Crippen molar-refractivity contribution in [1.29, 1.82) is 5.26 Å². The molecule has 0 fully saturated rings. The number of rotatable bonds is 3. The fourth-order valence-corrected chi connectivity index (χ4v) is 2.17. The minimum absolute atomic E-state index is 0.248. The Hall–Kier alpha value is -2.87. The van der Waals surface area contributed by atoms with Crippen molar-refractivity contribution >= 4 is 0 Å². The number of benzene rings is 1. The maximum atomic E-state index is 9.19. The second-order valence-electron chi connectivity index (χ2n) is 5.03. The number of hydrogen-bond donors (Lipinski definition) is 0. The second-order valence-corrected chi connectivity index (χ2v) is 5.03. The van der Waals surface area contributed by atoms with Gasteiger partial charge in [-0.05, 0) is 35.7 Å². The summed E-state index contributed by atoms with van der Waals surface area (Å²) in [7, 11) is 0. The van der Waals surface area contributed by atoms with Gasteiger partial charge in [0.15, 0.2) is 11.5 Å². The molecule has 0 atom stereocenters. The predicted octanol–water partition coefficient (Wildman–Crippen LogP) is 3.52. The molecule has 3 aromatic rings. The van der Waals surface area contributed by atoms with E-state index in [1.54, 1.807) is 23.1 Å². The van der Waals surface area contributed by atoms with Crippen molar-refractivity contribution in [2.24, 2.45) is 0 Å². The van der Waals surface area contributed by atoms with Gasteiger partial charge in [-0.2, -0.15) is 5.26 Å². The van der Waals surface area contributed by atoms with Crippen molar-refractivity contribution in [2.75, 3.05) is 0 Å². The molecule has 1 aromatic carbocycles. The molecule has 0 radical (unpaired) electrons. The molecule has 0 amide bonds. The van der Waals surface area contributed by atoms with E-state index in [1.807, 2.05) is 18.2 Å². The van der Waals surface area contributed by atoms with E-state index in [0.717, 1.165) is 5.69 Å².